The van der Waals surface area contributed by atoms with Gasteiger partial charge in [0.15, 0.2) is 0 Å². The highest BCUT2D eigenvalue weighted by Crippen LogP contribution is 2.38. The SMILES string of the molecule is COC(=O)CC(C)C(C)C1SCC2NC(=O)NC21. The molecule has 6 heteroatoms. The van der Waals surface area contributed by atoms with Crippen LogP contribution in [0.15, 0.2) is 0 Å². The molecule has 0 radical (unpaired) electrons. The molecule has 2 N–H and O–H groups in total. The van der Waals surface area contributed by atoms with Crippen molar-refractivity contribution in [3.63, 3.8) is 0 Å². The molecule has 0 aromatic rings. The van der Waals surface area contributed by atoms with Crippen molar-refractivity contribution in [2.75, 3.05) is 12.9 Å². The first-order valence-electron chi connectivity index (χ1n) is 6.28. The van der Waals surface area contributed by atoms with E-state index in [1.807, 2.05) is 11.8 Å². The summed E-state index contributed by atoms with van der Waals surface area (Å²) in [6, 6.07) is 0.362. The number of carbonyl (C=O) groups excluding carboxylic acids is 2. The van der Waals surface area contributed by atoms with Gasteiger partial charge < -0.3 is 15.4 Å². The molecule has 2 saturated heterocycles. The summed E-state index contributed by atoms with van der Waals surface area (Å²) in [5.74, 6) is 1.40. The summed E-state index contributed by atoms with van der Waals surface area (Å²) in [7, 11) is 1.42. The van der Waals surface area contributed by atoms with Gasteiger partial charge in [-0.25, -0.2) is 4.79 Å². The average Bonchev–Trinajstić information content (AvgIpc) is 2.86. The van der Waals surface area contributed by atoms with Crippen molar-refractivity contribution in [1.82, 2.24) is 10.6 Å². The lowest BCUT2D eigenvalue weighted by Gasteiger charge is -2.28. The molecule has 18 heavy (non-hydrogen) atoms. The van der Waals surface area contributed by atoms with Crippen molar-refractivity contribution in [3.05, 3.63) is 0 Å². The van der Waals surface area contributed by atoms with Gasteiger partial charge in [-0.05, 0) is 11.8 Å². The van der Waals surface area contributed by atoms with Crippen LogP contribution in [0.1, 0.15) is 20.3 Å². The van der Waals surface area contributed by atoms with Crippen LogP contribution >= 0.6 is 11.8 Å². The zero-order valence-corrected chi connectivity index (χ0v) is 11.8. The Bertz CT molecular complexity index is 350. The molecular formula is C12H20N2O3S. The molecule has 0 bridgehead atoms. The summed E-state index contributed by atoms with van der Waals surface area (Å²) < 4.78 is 4.71. The molecule has 2 fully saturated rings. The number of urea groups is 1. The summed E-state index contributed by atoms with van der Waals surface area (Å²) >= 11 is 1.88. The number of methoxy groups -OCH3 is 1. The van der Waals surface area contributed by atoms with E-state index in [1.165, 1.54) is 7.11 Å². The zero-order valence-electron chi connectivity index (χ0n) is 10.9. The van der Waals surface area contributed by atoms with Crippen LogP contribution < -0.4 is 10.6 Å². The minimum absolute atomic E-state index is 0.0666. The van der Waals surface area contributed by atoms with Crippen molar-refractivity contribution in [1.29, 1.82) is 0 Å². The average molecular weight is 272 g/mol. The third-order valence-electron chi connectivity index (χ3n) is 4.00. The lowest BCUT2D eigenvalue weighted by atomic mass is 9.86. The Hall–Kier alpha value is -0.910. The van der Waals surface area contributed by atoms with E-state index in [-0.39, 0.29) is 30.0 Å². The molecule has 5 atom stereocenters. The van der Waals surface area contributed by atoms with E-state index in [4.69, 9.17) is 4.74 Å². The Morgan fingerprint density at radius 1 is 1.50 bits per heavy atom. The Balaban J connectivity index is 1.94. The lowest BCUT2D eigenvalue weighted by molar-refractivity contribution is -0.142. The molecule has 102 valence electrons. The van der Waals surface area contributed by atoms with Crippen LogP contribution in [-0.2, 0) is 9.53 Å². The number of rotatable bonds is 4. The molecule has 0 spiro atoms. The van der Waals surface area contributed by atoms with Gasteiger partial charge >= 0.3 is 12.0 Å². The number of fused-ring (bicyclic) bond motifs is 1. The summed E-state index contributed by atoms with van der Waals surface area (Å²) in [5.41, 5.74) is 0. The standard InChI is InChI=1S/C12H20N2O3S/c1-6(4-9(15)17-3)7(2)11-10-8(5-18-11)13-12(16)14-10/h6-8,10-11H,4-5H2,1-3H3,(H2,13,14,16). The fraction of sp³-hybridized carbons (Fsp3) is 0.833. The van der Waals surface area contributed by atoms with Crippen LogP contribution in [0.25, 0.3) is 0 Å². The largest absolute Gasteiger partial charge is 0.469 e. The molecule has 2 amide bonds. The Morgan fingerprint density at radius 3 is 2.89 bits per heavy atom. The van der Waals surface area contributed by atoms with Crippen molar-refractivity contribution in [3.8, 4) is 0 Å². The second kappa shape index (κ2) is 5.38. The molecule has 0 aliphatic carbocycles. The normalized spacial score (nSPS) is 33.3. The summed E-state index contributed by atoms with van der Waals surface area (Å²) in [6.45, 7) is 4.22. The Morgan fingerprint density at radius 2 is 2.22 bits per heavy atom. The fourth-order valence-electron chi connectivity index (χ4n) is 2.66. The monoisotopic (exact) mass is 272 g/mol. The number of nitrogens with one attached hydrogen (secondary N) is 2. The lowest BCUT2D eigenvalue weighted by Crippen LogP contribution is -2.41. The highest BCUT2D eigenvalue weighted by atomic mass is 32.2. The van der Waals surface area contributed by atoms with Gasteiger partial charge in [0.25, 0.3) is 0 Å². The first-order valence-corrected chi connectivity index (χ1v) is 7.33. The summed E-state index contributed by atoms with van der Waals surface area (Å²) in [4.78, 5) is 22.6. The highest BCUT2D eigenvalue weighted by Gasteiger charge is 2.46. The summed E-state index contributed by atoms with van der Waals surface area (Å²) in [5, 5.41) is 6.28. The van der Waals surface area contributed by atoms with Gasteiger partial charge in [-0.2, -0.15) is 11.8 Å². The fourth-order valence-corrected chi connectivity index (χ4v) is 4.42. The topological polar surface area (TPSA) is 67.4 Å². The minimum Gasteiger partial charge on any atom is -0.469 e. The van der Waals surface area contributed by atoms with Crippen molar-refractivity contribution in [2.45, 2.75) is 37.6 Å². The predicted octanol–water partition coefficient (Wildman–Crippen LogP) is 0.987. The number of esters is 1. The van der Waals surface area contributed by atoms with E-state index in [0.717, 1.165) is 5.75 Å². The maximum atomic E-state index is 11.3. The Labute approximate surface area is 111 Å². The van der Waals surface area contributed by atoms with Gasteiger partial charge in [0.2, 0.25) is 0 Å². The quantitative estimate of drug-likeness (QED) is 0.591. The second-order valence-electron chi connectivity index (χ2n) is 5.16. The minimum atomic E-state index is -0.164. The van der Waals surface area contributed by atoms with E-state index in [9.17, 15) is 9.59 Å². The van der Waals surface area contributed by atoms with E-state index < -0.39 is 0 Å². The van der Waals surface area contributed by atoms with E-state index in [2.05, 4.69) is 24.5 Å². The smallest absolute Gasteiger partial charge is 0.315 e. The number of carbonyl (C=O) groups is 2. The molecule has 2 rings (SSSR count). The molecule has 2 aliphatic rings. The van der Waals surface area contributed by atoms with Crippen LogP contribution in [0, 0.1) is 11.8 Å². The van der Waals surface area contributed by atoms with Crippen molar-refractivity contribution >= 4 is 23.8 Å². The molecule has 5 nitrogen and oxygen atoms in total. The number of amides is 2. The van der Waals surface area contributed by atoms with E-state index in [1.54, 1.807) is 0 Å². The third kappa shape index (κ3) is 2.58. The molecule has 0 aromatic heterocycles. The van der Waals surface area contributed by atoms with Crippen molar-refractivity contribution in [2.24, 2.45) is 11.8 Å². The first kappa shape index (κ1) is 13.5. The molecule has 0 saturated carbocycles. The maximum absolute atomic E-state index is 11.3. The van der Waals surface area contributed by atoms with Gasteiger partial charge in [0, 0.05) is 17.4 Å². The van der Waals surface area contributed by atoms with E-state index >= 15 is 0 Å². The highest BCUT2D eigenvalue weighted by molar-refractivity contribution is 8.00. The zero-order chi connectivity index (χ0) is 13.3. The maximum Gasteiger partial charge on any atom is 0.315 e. The van der Waals surface area contributed by atoms with Crippen LogP contribution in [0.4, 0.5) is 4.79 Å². The van der Waals surface area contributed by atoms with Gasteiger partial charge in [0.1, 0.15) is 0 Å². The number of thioether (sulfide) groups is 1. The van der Waals surface area contributed by atoms with Crippen LogP contribution in [0.3, 0.4) is 0 Å². The third-order valence-corrected chi connectivity index (χ3v) is 5.66. The number of hydrogen-bond acceptors (Lipinski definition) is 4. The molecular weight excluding hydrogens is 252 g/mol. The van der Waals surface area contributed by atoms with Gasteiger partial charge in [-0.3, -0.25) is 4.79 Å². The number of hydrogen-bond donors (Lipinski definition) is 2. The van der Waals surface area contributed by atoms with Crippen molar-refractivity contribution < 1.29 is 14.3 Å². The molecule has 2 heterocycles. The molecule has 0 aromatic carbocycles. The first-order chi connectivity index (χ1) is 8.52. The summed E-state index contributed by atoms with van der Waals surface area (Å²) in [6.07, 6.45) is 0.438. The van der Waals surface area contributed by atoms with Crippen LogP contribution in [0.2, 0.25) is 0 Å². The molecule has 2 aliphatic heterocycles. The second-order valence-corrected chi connectivity index (χ2v) is 6.38. The predicted molar refractivity (Wildman–Crippen MR) is 70.5 cm³/mol. The van der Waals surface area contributed by atoms with E-state index in [0.29, 0.717) is 17.6 Å². The van der Waals surface area contributed by atoms with Gasteiger partial charge in [-0.15, -0.1) is 0 Å². The van der Waals surface area contributed by atoms with Gasteiger partial charge in [0.05, 0.1) is 19.2 Å². The van der Waals surface area contributed by atoms with Crippen LogP contribution in [-0.4, -0.2) is 42.2 Å². The van der Waals surface area contributed by atoms with Gasteiger partial charge in [-0.1, -0.05) is 13.8 Å². The number of ether oxygens (including phenoxy) is 1. The van der Waals surface area contributed by atoms with Crippen LogP contribution in [0.5, 0.6) is 0 Å². The molecule has 5 unspecified atom stereocenters. The Kier molecular flexibility index (Phi) is 4.04.